The van der Waals surface area contributed by atoms with Crippen molar-refractivity contribution in [2.24, 2.45) is 0 Å². The highest BCUT2D eigenvalue weighted by Gasteiger charge is 2.17. The van der Waals surface area contributed by atoms with Crippen molar-refractivity contribution in [2.45, 2.75) is 20.4 Å². The van der Waals surface area contributed by atoms with Gasteiger partial charge in [0.15, 0.2) is 0 Å². The fraction of sp³-hybridized carbons (Fsp3) is 0.250. The van der Waals surface area contributed by atoms with Crippen LogP contribution in [0, 0.1) is 13.8 Å². The average molecular weight is 328 g/mol. The molecule has 0 radical (unpaired) electrons. The van der Waals surface area contributed by atoms with Crippen molar-refractivity contribution < 1.29 is 4.79 Å². The monoisotopic (exact) mass is 328 g/mol. The summed E-state index contributed by atoms with van der Waals surface area (Å²) >= 11 is 1.39. The Morgan fingerprint density at radius 2 is 1.91 bits per heavy atom. The molecule has 118 valence electrons. The quantitative estimate of drug-likeness (QED) is 0.796. The molecule has 0 fully saturated rings. The Labute approximate surface area is 136 Å². The van der Waals surface area contributed by atoms with Crippen molar-refractivity contribution in [3.63, 3.8) is 0 Å². The molecule has 3 aromatic rings. The normalized spacial score (nSPS) is 10.9. The highest BCUT2D eigenvalue weighted by atomic mass is 32.1. The number of nitrogens with one attached hydrogen (secondary N) is 1. The van der Waals surface area contributed by atoms with Crippen LogP contribution in [0.15, 0.2) is 29.1 Å². The Balaban J connectivity index is 2.25. The third-order valence-electron chi connectivity index (χ3n) is 3.53. The number of nitrogens with zero attached hydrogens (tertiary/aromatic N) is 3. The maximum Gasteiger partial charge on any atom is 0.349 e. The molecule has 7 heteroatoms. The van der Waals surface area contributed by atoms with Crippen molar-refractivity contribution in [2.75, 3.05) is 7.05 Å². The van der Waals surface area contributed by atoms with E-state index in [4.69, 9.17) is 0 Å². The number of amides is 1. The minimum atomic E-state index is -0.444. The molecule has 0 aliphatic carbocycles. The molecule has 0 unspecified atom stereocenters. The van der Waals surface area contributed by atoms with Crippen LogP contribution in [0.4, 0.5) is 0 Å². The van der Waals surface area contributed by atoms with Crippen molar-refractivity contribution in [1.82, 2.24) is 19.9 Å². The molecule has 23 heavy (non-hydrogen) atoms. The molecule has 1 aromatic carbocycles. The van der Waals surface area contributed by atoms with E-state index < -0.39 is 5.69 Å². The summed E-state index contributed by atoms with van der Waals surface area (Å²) in [5.41, 5.74) is 2.74. The third-order valence-corrected chi connectivity index (χ3v) is 4.52. The van der Waals surface area contributed by atoms with Gasteiger partial charge in [-0.1, -0.05) is 29.8 Å². The molecule has 1 amide bonds. The van der Waals surface area contributed by atoms with E-state index >= 15 is 0 Å². The van der Waals surface area contributed by atoms with E-state index in [1.807, 2.05) is 38.1 Å². The third kappa shape index (κ3) is 2.87. The van der Waals surface area contributed by atoms with Crippen molar-refractivity contribution in [3.05, 3.63) is 45.3 Å². The minimum Gasteiger partial charge on any atom is -0.358 e. The highest BCUT2D eigenvalue weighted by molar-refractivity contribution is 7.18. The lowest BCUT2D eigenvalue weighted by atomic mass is 10.1. The summed E-state index contributed by atoms with van der Waals surface area (Å²) in [4.78, 5) is 33.4. The number of carbonyl (C=O) groups is 1. The first kappa shape index (κ1) is 15.4. The zero-order valence-electron chi connectivity index (χ0n) is 13.1. The second-order valence-corrected chi connectivity index (χ2v) is 6.44. The van der Waals surface area contributed by atoms with Crippen molar-refractivity contribution in [3.8, 4) is 11.3 Å². The number of likely N-dealkylation sites (N-methyl/N-ethyl adjacent to an activating group) is 1. The molecule has 2 aromatic heterocycles. The van der Waals surface area contributed by atoms with Gasteiger partial charge in [-0.05, 0) is 13.8 Å². The first-order valence-corrected chi connectivity index (χ1v) is 7.97. The van der Waals surface area contributed by atoms with E-state index in [-0.39, 0.29) is 12.5 Å². The molecule has 0 aliphatic heterocycles. The van der Waals surface area contributed by atoms with Crippen LogP contribution in [0.25, 0.3) is 21.6 Å². The molecule has 1 N–H and O–H groups in total. The number of rotatable bonds is 3. The standard InChI is InChI=1S/C16H16N4O2S/c1-9-4-6-11(7-5-9)13-14-15(23-10(2)18-14)20(16(22)19-13)8-12(21)17-3/h4-7H,8H2,1-3H3,(H,17,21). The zero-order valence-corrected chi connectivity index (χ0v) is 13.9. The molecule has 0 bridgehead atoms. The fourth-order valence-corrected chi connectivity index (χ4v) is 3.23. The fourth-order valence-electron chi connectivity index (χ4n) is 2.32. The van der Waals surface area contributed by atoms with Crippen LogP contribution in [0.5, 0.6) is 0 Å². The molecule has 0 spiro atoms. The maximum atomic E-state index is 12.4. The predicted octanol–water partition coefficient (Wildman–Crippen LogP) is 1.88. The smallest absolute Gasteiger partial charge is 0.349 e. The molecule has 0 atom stereocenters. The van der Waals surface area contributed by atoms with Gasteiger partial charge in [0.2, 0.25) is 5.91 Å². The second kappa shape index (κ2) is 5.92. The zero-order chi connectivity index (χ0) is 16.6. The van der Waals surface area contributed by atoms with Gasteiger partial charge >= 0.3 is 5.69 Å². The number of hydrogen-bond donors (Lipinski definition) is 1. The van der Waals surface area contributed by atoms with E-state index in [0.717, 1.165) is 16.1 Å². The largest absolute Gasteiger partial charge is 0.358 e. The van der Waals surface area contributed by atoms with Gasteiger partial charge < -0.3 is 5.32 Å². The lowest BCUT2D eigenvalue weighted by Crippen LogP contribution is -2.31. The van der Waals surface area contributed by atoms with Crippen LogP contribution < -0.4 is 11.0 Å². The molecule has 0 saturated carbocycles. The van der Waals surface area contributed by atoms with Crippen LogP contribution in [0.3, 0.4) is 0 Å². The number of benzene rings is 1. The molecule has 0 saturated heterocycles. The van der Waals surface area contributed by atoms with Gasteiger partial charge in [-0.3, -0.25) is 9.36 Å². The SMILES string of the molecule is CNC(=O)Cn1c(=O)nc(-c2ccc(C)cc2)c2nc(C)sc21. The van der Waals surface area contributed by atoms with Gasteiger partial charge in [-0.25, -0.2) is 9.78 Å². The Hall–Kier alpha value is -2.54. The molecule has 6 nitrogen and oxygen atoms in total. The van der Waals surface area contributed by atoms with E-state index in [0.29, 0.717) is 16.0 Å². The summed E-state index contributed by atoms with van der Waals surface area (Å²) in [6.45, 7) is 3.81. The maximum absolute atomic E-state index is 12.4. The highest BCUT2D eigenvalue weighted by Crippen LogP contribution is 2.28. The molecular formula is C16H16N4O2S. The van der Waals surface area contributed by atoms with Gasteiger partial charge in [0.1, 0.15) is 22.6 Å². The van der Waals surface area contributed by atoms with Gasteiger partial charge in [-0.2, -0.15) is 4.98 Å². The van der Waals surface area contributed by atoms with Crippen molar-refractivity contribution in [1.29, 1.82) is 0 Å². The van der Waals surface area contributed by atoms with Gasteiger partial charge in [0.25, 0.3) is 0 Å². The number of thiazole rings is 1. The molecular weight excluding hydrogens is 312 g/mol. The Morgan fingerprint density at radius 1 is 1.22 bits per heavy atom. The van der Waals surface area contributed by atoms with E-state index in [1.165, 1.54) is 23.0 Å². The first-order valence-electron chi connectivity index (χ1n) is 7.15. The Morgan fingerprint density at radius 3 is 2.57 bits per heavy atom. The first-order chi connectivity index (χ1) is 11.0. The number of carbonyl (C=O) groups excluding carboxylic acids is 1. The summed E-state index contributed by atoms with van der Waals surface area (Å²) in [6, 6.07) is 7.79. The molecule has 2 heterocycles. The lowest BCUT2D eigenvalue weighted by molar-refractivity contribution is -0.121. The summed E-state index contributed by atoms with van der Waals surface area (Å²) in [7, 11) is 1.54. The number of hydrogen-bond acceptors (Lipinski definition) is 5. The number of aryl methyl sites for hydroxylation is 2. The van der Waals surface area contributed by atoms with E-state index in [9.17, 15) is 9.59 Å². The predicted molar refractivity (Wildman–Crippen MR) is 90.7 cm³/mol. The minimum absolute atomic E-state index is 0.0609. The lowest BCUT2D eigenvalue weighted by Gasteiger charge is -2.08. The van der Waals surface area contributed by atoms with E-state index in [1.54, 1.807) is 0 Å². The number of aromatic nitrogens is 3. The second-order valence-electron chi connectivity index (χ2n) is 5.25. The topological polar surface area (TPSA) is 76.9 Å². The summed E-state index contributed by atoms with van der Waals surface area (Å²) in [6.07, 6.45) is 0. The van der Waals surface area contributed by atoms with Crippen LogP contribution in [-0.4, -0.2) is 27.5 Å². The van der Waals surface area contributed by atoms with Crippen molar-refractivity contribution >= 4 is 27.6 Å². The van der Waals surface area contributed by atoms with Crippen LogP contribution in [0.2, 0.25) is 0 Å². The number of fused-ring (bicyclic) bond motifs is 1. The van der Waals surface area contributed by atoms with Crippen LogP contribution in [0.1, 0.15) is 10.6 Å². The van der Waals surface area contributed by atoms with Gasteiger partial charge in [-0.15, -0.1) is 11.3 Å². The summed E-state index contributed by atoms with van der Waals surface area (Å²) in [5, 5.41) is 3.35. The van der Waals surface area contributed by atoms with Crippen LogP contribution in [-0.2, 0) is 11.3 Å². The summed E-state index contributed by atoms with van der Waals surface area (Å²) in [5.74, 6) is -0.246. The molecule has 0 aliphatic rings. The van der Waals surface area contributed by atoms with Gasteiger partial charge in [0, 0.05) is 12.6 Å². The Kier molecular flexibility index (Phi) is 3.96. The summed E-state index contributed by atoms with van der Waals surface area (Å²) < 4.78 is 1.37. The Bertz CT molecular complexity index is 941. The average Bonchev–Trinajstić information content (AvgIpc) is 2.92. The van der Waals surface area contributed by atoms with E-state index in [2.05, 4.69) is 15.3 Å². The van der Waals surface area contributed by atoms with Gasteiger partial charge in [0.05, 0.1) is 5.01 Å². The molecule has 3 rings (SSSR count). The van der Waals surface area contributed by atoms with Crippen LogP contribution >= 0.6 is 11.3 Å².